The Morgan fingerprint density at radius 1 is 1.41 bits per heavy atom. The molecule has 17 heavy (non-hydrogen) atoms. The van der Waals surface area contributed by atoms with Gasteiger partial charge in [-0.2, -0.15) is 0 Å². The molecule has 0 saturated carbocycles. The van der Waals surface area contributed by atoms with Crippen LogP contribution in [0.3, 0.4) is 0 Å². The summed E-state index contributed by atoms with van der Waals surface area (Å²) in [6.45, 7) is 10.4. The molecule has 3 nitrogen and oxygen atoms in total. The van der Waals surface area contributed by atoms with E-state index in [9.17, 15) is 4.79 Å². The number of carbonyl (C=O) groups excluding carboxylic acids is 1. The van der Waals surface area contributed by atoms with Crippen LogP contribution in [0.2, 0.25) is 0 Å². The number of rotatable bonds is 4. The first-order valence-electron chi connectivity index (χ1n) is 6.18. The lowest BCUT2D eigenvalue weighted by molar-refractivity contribution is 0.0524. The van der Waals surface area contributed by atoms with Gasteiger partial charge in [0, 0.05) is 5.69 Å². The van der Waals surface area contributed by atoms with Gasteiger partial charge < -0.3 is 4.74 Å². The van der Waals surface area contributed by atoms with Crippen LogP contribution in [0.1, 0.15) is 60.9 Å². The van der Waals surface area contributed by atoms with Gasteiger partial charge in [0.1, 0.15) is 0 Å². The van der Waals surface area contributed by atoms with Crippen LogP contribution in [-0.4, -0.2) is 17.6 Å². The van der Waals surface area contributed by atoms with E-state index in [4.69, 9.17) is 4.74 Å². The number of aromatic nitrogens is 1. The van der Waals surface area contributed by atoms with Gasteiger partial charge in [0.05, 0.1) is 17.9 Å². The summed E-state index contributed by atoms with van der Waals surface area (Å²) in [5, 5.41) is 0. The van der Waals surface area contributed by atoms with Gasteiger partial charge in [-0.3, -0.25) is 4.98 Å². The quantitative estimate of drug-likeness (QED) is 0.752. The smallest absolute Gasteiger partial charge is 0.339 e. The second-order valence-electron chi connectivity index (χ2n) is 4.39. The van der Waals surface area contributed by atoms with Crippen molar-refractivity contribution in [3.63, 3.8) is 0 Å². The average Bonchev–Trinajstić information content (AvgIpc) is 2.28. The third-order valence-corrected chi connectivity index (χ3v) is 2.75. The monoisotopic (exact) mass is 235 g/mol. The Hall–Kier alpha value is -1.38. The zero-order chi connectivity index (χ0) is 13.0. The molecular formula is C14H21NO2. The molecule has 0 aliphatic heterocycles. The van der Waals surface area contributed by atoms with Crippen LogP contribution < -0.4 is 0 Å². The van der Waals surface area contributed by atoms with Gasteiger partial charge in [-0.1, -0.05) is 20.8 Å². The van der Waals surface area contributed by atoms with Crippen LogP contribution in [0.15, 0.2) is 6.07 Å². The maximum atomic E-state index is 11.8. The topological polar surface area (TPSA) is 39.2 Å². The molecule has 0 amide bonds. The van der Waals surface area contributed by atoms with E-state index in [0.717, 1.165) is 23.4 Å². The van der Waals surface area contributed by atoms with Crippen molar-refractivity contribution in [2.75, 3.05) is 6.61 Å². The highest BCUT2D eigenvalue weighted by molar-refractivity contribution is 5.90. The number of esters is 1. The van der Waals surface area contributed by atoms with Gasteiger partial charge >= 0.3 is 5.97 Å². The number of pyridine rings is 1. The van der Waals surface area contributed by atoms with Gasteiger partial charge in [-0.25, -0.2) is 4.79 Å². The second-order valence-corrected chi connectivity index (χ2v) is 4.39. The normalized spacial score (nSPS) is 10.7. The molecule has 0 bridgehead atoms. The summed E-state index contributed by atoms with van der Waals surface area (Å²) < 4.78 is 5.03. The summed E-state index contributed by atoms with van der Waals surface area (Å²) in [7, 11) is 0. The number of hydrogen-bond donors (Lipinski definition) is 0. The molecule has 0 radical (unpaired) electrons. The van der Waals surface area contributed by atoms with Crippen molar-refractivity contribution in [3.05, 3.63) is 28.6 Å². The predicted octanol–water partition coefficient (Wildman–Crippen LogP) is 3.25. The first kappa shape index (κ1) is 13.7. The molecule has 0 unspecified atom stereocenters. The summed E-state index contributed by atoms with van der Waals surface area (Å²) in [6.07, 6.45) is 0.882. The van der Waals surface area contributed by atoms with E-state index in [-0.39, 0.29) is 5.97 Å². The SMILES string of the molecule is CCOC(=O)c1cc(CC)c(C(C)C)nc1C. The maximum Gasteiger partial charge on any atom is 0.339 e. The largest absolute Gasteiger partial charge is 0.462 e. The zero-order valence-electron chi connectivity index (χ0n) is 11.3. The first-order valence-corrected chi connectivity index (χ1v) is 6.18. The summed E-state index contributed by atoms with van der Waals surface area (Å²) in [5.74, 6) is 0.0994. The van der Waals surface area contributed by atoms with Crippen molar-refractivity contribution in [2.24, 2.45) is 0 Å². The molecule has 0 aliphatic rings. The molecular weight excluding hydrogens is 214 g/mol. The fourth-order valence-electron chi connectivity index (χ4n) is 1.86. The Morgan fingerprint density at radius 3 is 2.53 bits per heavy atom. The molecule has 0 aromatic carbocycles. The minimum Gasteiger partial charge on any atom is -0.462 e. The Kier molecular flexibility index (Phi) is 4.67. The van der Waals surface area contributed by atoms with Crippen LogP contribution in [-0.2, 0) is 11.2 Å². The van der Waals surface area contributed by atoms with E-state index >= 15 is 0 Å². The van der Waals surface area contributed by atoms with Crippen molar-refractivity contribution in [1.29, 1.82) is 0 Å². The van der Waals surface area contributed by atoms with Crippen LogP contribution in [0.5, 0.6) is 0 Å². The van der Waals surface area contributed by atoms with Crippen molar-refractivity contribution in [1.82, 2.24) is 4.98 Å². The van der Waals surface area contributed by atoms with Gasteiger partial charge in [0.25, 0.3) is 0 Å². The van der Waals surface area contributed by atoms with Gasteiger partial charge in [-0.15, -0.1) is 0 Å². The molecule has 1 aromatic heterocycles. The number of ether oxygens (including phenoxy) is 1. The Balaban J connectivity index is 3.22. The summed E-state index contributed by atoms with van der Waals surface area (Å²) in [5.41, 5.74) is 3.56. The Bertz CT molecular complexity index is 411. The summed E-state index contributed by atoms with van der Waals surface area (Å²) >= 11 is 0. The molecule has 1 aromatic rings. The van der Waals surface area contributed by atoms with E-state index in [1.165, 1.54) is 0 Å². The third kappa shape index (κ3) is 3.05. The summed E-state index contributed by atoms with van der Waals surface area (Å²) in [6, 6.07) is 1.93. The van der Waals surface area contributed by atoms with E-state index in [0.29, 0.717) is 18.1 Å². The molecule has 0 saturated heterocycles. The highest BCUT2D eigenvalue weighted by Crippen LogP contribution is 2.21. The second kappa shape index (κ2) is 5.80. The standard InChI is InChI=1S/C14H21NO2/c1-6-11-8-12(14(16)17-7-2)10(5)15-13(11)9(3)4/h8-9H,6-7H2,1-5H3. The first-order chi connectivity index (χ1) is 8.01. The molecule has 94 valence electrons. The number of carbonyl (C=O) groups is 1. The highest BCUT2D eigenvalue weighted by Gasteiger charge is 2.16. The minimum absolute atomic E-state index is 0.275. The molecule has 1 rings (SSSR count). The fraction of sp³-hybridized carbons (Fsp3) is 0.571. The van der Waals surface area contributed by atoms with Crippen molar-refractivity contribution in [2.45, 2.75) is 47.0 Å². The zero-order valence-corrected chi connectivity index (χ0v) is 11.3. The third-order valence-electron chi connectivity index (χ3n) is 2.75. The van der Waals surface area contributed by atoms with E-state index in [1.54, 1.807) is 0 Å². The Morgan fingerprint density at radius 2 is 2.06 bits per heavy atom. The molecule has 0 aliphatic carbocycles. The van der Waals surface area contributed by atoms with Crippen LogP contribution in [0, 0.1) is 6.92 Å². The van der Waals surface area contributed by atoms with Crippen LogP contribution in [0.25, 0.3) is 0 Å². The van der Waals surface area contributed by atoms with Crippen LogP contribution in [0.4, 0.5) is 0 Å². The lowest BCUT2D eigenvalue weighted by atomic mass is 9.99. The highest BCUT2D eigenvalue weighted by atomic mass is 16.5. The lowest BCUT2D eigenvalue weighted by Crippen LogP contribution is -2.11. The molecule has 0 atom stereocenters. The van der Waals surface area contributed by atoms with E-state index in [2.05, 4.69) is 25.8 Å². The van der Waals surface area contributed by atoms with Gasteiger partial charge in [-0.05, 0) is 37.8 Å². The molecule has 0 N–H and O–H groups in total. The maximum absolute atomic E-state index is 11.8. The van der Waals surface area contributed by atoms with E-state index < -0.39 is 0 Å². The number of nitrogens with zero attached hydrogens (tertiary/aromatic N) is 1. The minimum atomic E-state index is -0.275. The average molecular weight is 235 g/mol. The van der Waals surface area contributed by atoms with Crippen LogP contribution >= 0.6 is 0 Å². The van der Waals surface area contributed by atoms with Crippen molar-refractivity contribution < 1.29 is 9.53 Å². The fourth-order valence-corrected chi connectivity index (χ4v) is 1.86. The molecule has 0 fully saturated rings. The van der Waals surface area contributed by atoms with Gasteiger partial charge in [0.15, 0.2) is 0 Å². The van der Waals surface area contributed by atoms with Gasteiger partial charge in [0.2, 0.25) is 0 Å². The predicted molar refractivity (Wildman–Crippen MR) is 68.4 cm³/mol. The molecule has 0 spiro atoms. The lowest BCUT2D eigenvalue weighted by Gasteiger charge is -2.14. The molecule has 3 heteroatoms. The Labute approximate surface area is 103 Å². The van der Waals surface area contributed by atoms with Crippen molar-refractivity contribution >= 4 is 5.97 Å². The van der Waals surface area contributed by atoms with E-state index in [1.807, 2.05) is 19.9 Å². The number of hydrogen-bond acceptors (Lipinski definition) is 3. The molecule has 1 heterocycles. The summed E-state index contributed by atoms with van der Waals surface area (Å²) in [4.78, 5) is 16.3. The van der Waals surface area contributed by atoms with Crippen molar-refractivity contribution in [3.8, 4) is 0 Å². The number of aryl methyl sites for hydroxylation is 2.